The van der Waals surface area contributed by atoms with Crippen LogP contribution in [0.4, 0.5) is 0 Å². The maximum Gasteiger partial charge on any atom is 0.290 e. The first-order valence-corrected chi connectivity index (χ1v) is 4.63. The highest BCUT2D eigenvalue weighted by Gasteiger charge is 1.90. The summed E-state index contributed by atoms with van der Waals surface area (Å²) < 4.78 is 0. The van der Waals surface area contributed by atoms with Gasteiger partial charge in [-0.25, -0.2) is 0 Å². The molecule has 14 heavy (non-hydrogen) atoms. The van der Waals surface area contributed by atoms with Gasteiger partial charge in [0.2, 0.25) is 0 Å². The highest BCUT2D eigenvalue weighted by atomic mass is 35.5. The lowest BCUT2D eigenvalue weighted by Gasteiger charge is -1.98. The van der Waals surface area contributed by atoms with Gasteiger partial charge in [0.15, 0.2) is 0 Å². The molecule has 0 radical (unpaired) electrons. The summed E-state index contributed by atoms with van der Waals surface area (Å²) in [5.74, 6) is 0. The average Bonchev–Trinajstić information content (AvgIpc) is 2.21. The molecule has 0 unspecified atom stereocenters. The summed E-state index contributed by atoms with van der Waals surface area (Å²) >= 11 is 5.44. The van der Waals surface area contributed by atoms with Gasteiger partial charge in [0.25, 0.3) is 6.47 Å². The number of hydrogen-bond acceptors (Lipinski definition) is 3. The lowest BCUT2D eigenvalue weighted by atomic mass is 10.3. The predicted molar refractivity (Wildman–Crippen MR) is 55.4 cm³/mol. The summed E-state index contributed by atoms with van der Waals surface area (Å²) in [6.07, 6.45) is 2.74. The molecule has 0 aromatic carbocycles. The van der Waals surface area contributed by atoms with Crippen LogP contribution in [-0.4, -0.2) is 29.1 Å². The number of aromatic nitrogens is 1. The summed E-state index contributed by atoms with van der Waals surface area (Å²) in [4.78, 5) is 12.5. The minimum atomic E-state index is -0.250. The number of nitrogens with one attached hydrogen (secondary N) is 1. The van der Waals surface area contributed by atoms with E-state index in [1.165, 1.54) is 0 Å². The predicted octanol–water partition coefficient (Wildman–Crippen LogP) is 1.11. The average molecular weight is 217 g/mol. The molecule has 0 amide bonds. The van der Waals surface area contributed by atoms with Gasteiger partial charge in [-0.15, -0.1) is 11.6 Å². The molecule has 0 aliphatic heterocycles. The minimum Gasteiger partial charge on any atom is -0.483 e. The first kappa shape index (κ1) is 12.9. The molecule has 4 nitrogen and oxygen atoms in total. The molecule has 0 aliphatic carbocycles. The normalized spacial score (nSPS) is 8.64. The molecule has 0 saturated carbocycles. The summed E-state index contributed by atoms with van der Waals surface area (Å²) in [5, 5.41) is 9.91. The third kappa shape index (κ3) is 7.52. The molecule has 78 valence electrons. The van der Waals surface area contributed by atoms with Crippen LogP contribution in [0.1, 0.15) is 5.69 Å². The van der Waals surface area contributed by atoms with Gasteiger partial charge < -0.3 is 10.4 Å². The Kier molecular flexibility index (Phi) is 9.15. The van der Waals surface area contributed by atoms with E-state index in [-0.39, 0.29) is 6.47 Å². The highest BCUT2D eigenvalue weighted by molar-refractivity contribution is 6.17. The fourth-order valence-corrected chi connectivity index (χ4v) is 0.963. The molecule has 5 heteroatoms. The molecular weight excluding hydrogens is 204 g/mol. The van der Waals surface area contributed by atoms with Crippen molar-refractivity contribution in [3.63, 3.8) is 0 Å². The van der Waals surface area contributed by atoms with Crippen LogP contribution in [0.3, 0.4) is 0 Å². The molecular formula is C9H13ClN2O2. The van der Waals surface area contributed by atoms with E-state index in [0.717, 1.165) is 18.7 Å². The number of carboxylic acid groups (broad SMARTS) is 1. The topological polar surface area (TPSA) is 62.2 Å². The zero-order chi connectivity index (χ0) is 10.6. The van der Waals surface area contributed by atoms with Crippen LogP contribution in [0.2, 0.25) is 0 Å². The van der Waals surface area contributed by atoms with Gasteiger partial charge in [-0.3, -0.25) is 9.78 Å². The Balaban J connectivity index is 0.000000500. The molecule has 0 spiro atoms. The quantitative estimate of drug-likeness (QED) is 0.343. The molecule has 1 heterocycles. The van der Waals surface area contributed by atoms with E-state index in [2.05, 4.69) is 10.3 Å². The molecule has 2 N–H and O–H groups in total. The molecule has 1 rings (SSSR count). The second-order valence-corrected chi connectivity index (χ2v) is 2.58. The van der Waals surface area contributed by atoms with Crippen molar-refractivity contribution in [2.75, 3.05) is 12.5 Å². The van der Waals surface area contributed by atoms with Crippen molar-refractivity contribution in [3.8, 4) is 0 Å². The second kappa shape index (κ2) is 9.95. The SMILES string of the molecule is ClCNCCc1ccccn1.O=CO. The van der Waals surface area contributed by atoms with Crippen molar-refractivity contribution in [1.82, 2.24) is 10.3 Å². The van der Waals surface area contributed by atoms with E-state index in [1.54, 1.807) is 6.20 Å². The Morgan fingerprint density at radius 3 is 2.79 bits per heavy atom. The Labute approximate surface area is 87.9 Å². The van der Waals surface area contributed by atoms with E-state index in [0.29, 0.717) is 6.00 Å². The number of pyridine rings is 1. The van der Waals surface area contributed by atoms with Crippen LogP contribution >= 0.6 is 11.6 Å². The van der Waals surface area contributed by atoms with Crippen molar-refractivity contribution in [1.29, 1.82) is 0 Å². The van der Waals surface area contributed by atoms with Gasteiger partial charge in [-0.1, -0.05) is 6.07 Å². The van der Waals surface area contributed by atoms with Crippen LogP contribution in [0, 0.1) is 0 Å². The standard InChI is InChI=1S/C8H11ClN2.CH2O2/c9-7-10-6-4-8-3-1-2-5-11-8;2-1-3/h1-3,5,10H,4,6-7H2;1H,(H,2,3). The number of alkyl halides is 1. The molecule has 0 bridgehead atoms. The van der Waals surface area contributed by atoms with Crippen molar-refractivity contribution < 1.29 is 9.90 Å². The van der Waals surface area contributed by atoms with Gasteiger partial charge in [-0.2, -0.15) is 0 Å². The summed E-state index contributed by atoms with van der Waals surface area (Å²) in [7, 11) is 0. The summed E-state index contributed by atoms with van der Waals surface area (Å²) in [6, 6.07) is 6.42. The number of nitrogens with zero attached hydrogens (tertiary/aromatic N) is 1. The van der Waals surface area contributed by atoms with E-state index in [4.69, 9.17) is 21.5 Å². The lowest BCUT2D eigenvalue weighted by molar-refractivity contribution is -0.122. The van der Waals surface area contributed by atoms with Crippen molar-refractivity contribution in [3.05, 3.63) is 30.1 Å². The lowest BCUT2D eigenvalue weighted by Crippen LogP contribution is -2.15. The maximum atomic E-state index is 8.36. The van der Waals surface area contributed by atoms with Gasteiger partial charge in [0.05, 0.1) is 6.00 Å². The van der Waals surface area contributed by atoms with Crippen LogP contribution in [-0.2, 0) is 11.2 Å². The Morgan fingerprint density at radius 2 is 2.29 bits per heavy atom. The van der Waals surface area contributed by atoms with E-state index < -0.39 is 0 Å². The zero-order valence-corrected chi connectivity index (χ0v) is 8.44. The molecule has 0 saturated heterocycles. The third-order valence-corrected chi connectivity index (χ3v) is 1.57. The second-order valence-electron chi connectivity index (χ2n) is 2.31. The highest BCUT2D eigenvalue weighted by Crippen LogP contribution is 1.92. The van der Waals surface area contributed by atoms with Gasteiger partial charge in [-0.05, 0) is 12.1 Å². The molecule has 0 atom stereocenters. The van der Waals surface area contributed by atoms with Crippen LogP contribution in [0.25, 0.3) is 0 Å². The third-order valence-electron chi connectivity index (χ3n) is 1.38. The summed E-state index contributed by atoms with van der Waals surface area (Å²) in [5.41, 5.74) is 1.10. The smallest absolute Gasteiger partial charge is 0.290 e. The number of rotatable bonds is 4. The van der Waals surface area contributed by atoms with Gasteiger partial charge in [0, 0.05) is 24.9 Å². The number of hydrogen-bond donors (Lipinski definition) is 2. The molecule has 0 fully saturated rings. The van der Waals surface area contributed by atoms with E-state index >= 15 is 0 Å². The Morgan fingerprint density at radius 1 is 1.57 bits per heavy atom. The van der Waals surface area contributed by atoms with Crippen molar-refractivity contribution in [2.24, 2.45) is 0 Å². The Hall–Kier alpha value is -1.13. The molecule has 1 aromatic heterocycles. The molecule has 1 aromatic rings. The van der Waals surface area contributed by atoms with Crippen molar-refractivity contribution in [2.45, 2.75) is 6.42 Å². The van der Waals surface area contributed by atoms with Gasteiger partial charge in [0.1, 0.15) is 0 Å². The Bertz CT molecular complexity index is 232. The van der Waals surface area contributed by atoms with Gasteiger partial charge >= 0.3 is 0 Å². The van der Waals surface area contributed by atoms with Crippen LogP contribution in [0.15, 0.2) is 24.4 Å². The number of halogens is 1. The zero-order valence-electron chi connectivity index (χ0n) is 7.69. The summed E-state index contributed by atoms with van der Waals surface area (Å²) in [6.45, 7) is 0.639. The largest absolute Gasteiger partial charge is 0.483 e. The van der Waals surface area contributed by atoms with Crippen LogP contribution in [0.5, 0.6) is 0 Å². The maximum absolute atomic E-state index is 8.36. The fourth-order valence-electron chi connectivity index (χ4n) is 0.829. The first-order valence-electron chi connectivity index (χ1n) is 4.09. The van der Waals surface area contributed by atoms with E-state index in [9.17, 15) is 0 Å². The number of carbonyl (C=O) groups is 1. The molecule has 0 aliphatic rings. The van der Waals surface area contributed by atoms with E-state index in [1.807, 2.05) is 18.2 Å². The van der Waals surface area contributed by atoms with Crippen molar-refractivity contribution >= 4 is 18.1 Å². The minimum absolute atomic E-state index is 0.250. The fraction of sp³-hybridized carbons (Fsp3) is 0.333. The monoisotopic (exact) mass is 216 g/mol. The van der Waals surface area contributed by atoms with Crippen LogP contribution < -0.4 is 5.32 Å². The first-order chi connectivity index (χ1) is 6.85.